The maximum Gasteiger partial charge on any atom is 0.327 e. The Morgan fingerprint density at radius 1 is 0.540 bits per heavy atom. The van der Waals surface area contributed by atoms with E-state index in [9.17, 15) is 14.2 Å². The molecule has 0 radical (unpaired) electrons. The van der Waals surface area contributed by atoms with Gasteiger partial charge < -0.3 is 24.0 Å². The Kier molecular flexibility index (Phi) is 36.2. The monoisotopic (exact) mass is 729 g/mol. The molecule has 0 aromatic carbocycles. The van der Waals surface area contributed by atoms with Crippen molar-refractivity contribution in [2.24, 2.45) is 0 Å². The molecule has 0 rings (SSSR count). The average Bonchev–Trinajstić information content (AvgIpc) is 3.08. The minimum atomic E-state index is -4.19. The fourth-order valence-corrected chi connectivity index (χ4v) is 6.06. The minimum absolute atomic E-state index is 0.0845. The van der Waals surface area contributed by atoms with Gasteiger partial charge in [0, 0.05) is 12.8 Å². The van der Waals surface area contributed by atoms with Crippen LogP contribution in [0.5, 0.6) is 0 Å². The lowest BCUT2D eigenvalue weighted by Crippen LogP contribution is -2.30. The van der Waals surface area contributed by atoms with Crippen LogP contribution in [0.1, 0.15) is 194 Å². The van der Waals surface area contributed by atoms with Gasteiger partial charge in [0.1, 0.15) is 6.61 Å². The lowest BCUT2D eigenvalue weighted by Gasteiger charge is -2.18. The predicted molar refractivity (Wildman–Crippen MR) is 207 cm³/mol. The Bertz CT molecular complexity index is 869. The van der Waals surface area contributed by atoms with Crippen molar-refractivity contribution in [1.29, 1.82) is 0 Å². The van der Waals surface area contributed by atoms with Crippen LogP contribution in [0, 0.1) is 0 Å². The molecule has 294 valence electrons. The third kappa shape index (κ3) is 39.3. The summed E-state index contributed by atoms with van der Waals surface area (Å²) in [5, 5.41) is 0. The second-order valence-corrected chi connectivity index (χ2v) is 15.7. The van der Waals surface area contributed by atoms with Gasteiger partial charge in [-0.25, -0.2) is 0 Å². The molecule has 0 saturated carbocycles. The Hall–Kier alpha value is -1.47. The van der Waals surface area contributed by atoms with Gasteiger partial charge in [0.05, 0.1) is 19.4 Å². The molecule has 0 bridgehead atoms. The van der Waals surface area contributed by atoms with Crippen LogP contribution in [0.4, 0.5) is 0 Å². The number of hydrogen-bond acceptors (Lipinski definition) is 6. The molecule has 0 aliphatic rings. The van der Waals surface area contributed by atoms with E-state index >= 15 is 0 Å². The van der Waals surface area contributed by atoms with Crippen LogP contribution < -0.4 is 0 Å². The van der Waals surface area contributed by atoms with Crippen LogP contribution >= 0.6 is 7.60 Å². The van der Waals surface area contributed by atoms with E-state index in [-0.39, 0.29) is 38.2 Å². The summed E-state index contributed by atoms with van der Waals surface area (Å²) in [5.74, 6) is -0.712. The van der Waals surface area contributed by atoms with Crippen molar-refractivity contribution in [1.82, 2.24) is 0 Å². The maximum atomic E-state index is 12.5. The van der Waals surface area contributed by atoms with E-state index in [1.807, 2.05) is 0 Å². The van der Waals surface area contributed by atoms with E-state index in [1.165, 1.54) is 96.3 Å². The van der Waals surface area contributed by atoms with Crippen molar-refractivity contribution in [2.75, 3.05) is 26.0 Å². The van der Waals surface area contributed by atoms with Crippen LogP contribution in [0.15, 0.2) is 24.3 Å². The Morgan fingerprint density at radius 2 is 0.920 bits per heavy atom. The molecular weight excluding hydrogens is 651 g/mol. The summed E-state index contributed by atoms with van der Waals surface area (Å²) in [5.41, 5.74) is 0. The fourth-order valence-electron chi connectivity index (χ4n) is 5.70. The van der Waals surface area contributed by atoms with Crippen LogP contribution in [-0.2, 0) is 28.4 Å². The van der Waals surface area contributed by atoms with Gasteiger partial charge >= 0.3 is 19.5 Å². The molecule has 0 fully saturated rings. The molecule has 0 saturated heterocycles. The number of ether oxygens (including phenoxy) is 3. The van der Waals surface area contributed by atoms with Gasteiger partial charge in [0.25, 0.3) is 0 Å². The lowest BCUT2D eigenvalue weighted by molar-refractivity contribution is -0.162. The van der Waals surface area contributed by atoms with Gasteiger partial charge in [0.2, 0.25) is 0 Å². The Morgan fingerprint density at radius 3 is 1.34 bits per heavy atom. The van der Waals surface area contributed by atoms with Crippen molar-refractivity contribution in [2.45, 2.75) is 200 Å². The summed E-state index contributed by atoms with van der Waals surface area (Å²) in [6.07, 6.45) is 39.4. The maximum absolute atomic E-state index is 12.5. The smallest absolute Gasteiger partial charge is 0.327 e. The number of carbonyl (C=O) groups excluding carboxylic acids is 2. The number of hydrogen-bond donors (Lipinski definition) is 2. The average molecular weight is 729 g/mol. The van der Waals surface area contributed by atoms with E-state index in [1.54, 1.807) is 0 Å². The van der Waals surface area contributed by atoms with Gasteiger partial charge in [-0.3, -0.25) is 14.2 Å². The molecule has 50 heavy (non-hydrogen) atoms. The molecule has 0 amide bonds. The third-order valence-corrected chi connectivity index (χ3v) is 9.61. The van der Waals surface area contributed by atoms with Crippen LogP contribution in [0.3, 0.4) is 0 Å². The molecule has 1 atom stereocenters. The molecule has 2 N–H and O–H groups in total. The van der Waals surface area contributed by atoms with E-state index in [0.29, 0.717) is 6.42 Å². The summed E-state index contributed by atoms with van der Waals surface area (Å²) < 4.78 is 27.4. The molecule has 0 aromatic rings. The highest BCUT2D eigenvalue weighted by Gasteiger charge is 2.19. The number of esters is 2. The zero-order valence-electron chi connectivity index (χ0n) is 32.3. The predicted octanol–water partition coefficient (Wildman–Crippen LogP) is 11.7. The molecule has 0 aliphatic heterocycles. The first-order valence-electron chi connectivity index (χ1n) is 20.6. The molecule has 0 spiro atoms. The largest absolute Gasteiger partial charge is 0.462 e. The topological polar surface area (TPSA) is 119 Å². The van der Waals surface area contributed by atoms with Crippen LogP contribution in [0.25, 0.3) is 0 Å². The number of carbonyl (C=O) groups is 2. The highest BCUT2D eigenvalue weighted by Crippen LogP contribution is 2.33. The zero-order valence-corrected chi connectivity index (χ0v) is 33.2. The first-order chi connectivity index (χ1) is 24.3. The van der Waals surface area contributed by atoms with E-state index in [0.717, 1.165) is 70.6 Å². The van der Waals surface area contributed by atoms with Gasteiger partial charge in [-0.15, -0.1) is 0 Å². The van der Waals surface area contributed by atoms with E-state index in [4.69, 9.17) is 24.0 Å². The van der Waals surface area contributed by atoms with Gasteiger partial charge in [-0.1, -0.05) is 141 Å². The number of rotatable bonds is 38. The lowest BCUT2D eigenvalue weighted by atomic mass is 10.1. The van der Waals surface area contributed by atoms with E-state index < -0.39 is 19.9 Å². The summed E-state index contributed by atoms with van der Waals surface area (Å²) in [6.45, 7) is 4.11. The van der Waals surface area contributed by atoms with Gasteiger partial charge in [-0.05, 0) is 64.2 Å². The Labute approximate surface area is 307 Å². The van der Waals surface area contributed by atoms with Crippen molar-refractivity contribution in [3.63, 3.8) is 0 Å². The molecule has 0 heterocycles. The third-order valence-electron chi connectivity index (χ3n) is 8.84. The minimum Gasteiger partial charge on any atom is -0.462 e. The second-order valence-electron chi connectivity index (χ2n) is 13.9. The fraction of sp³-hybridized carbons (Fsp3) is 0.854. The molecule has 0 unspecified atom stereocenters. The zero-order chi connectivity index (χ0) is 36.8. The summed E-state index contributed by atoms with van der Waals surface area (Å²) >= 11 is 0. The number of unbranched alkanes of at least 4 members (excludes halogenated alkanes) is 22. The highest BCUT2D eigenvalue weighted by atomic mass is 31.2. The van der Waals surface area contributed by atoms with Crippen molar-refractivity contribution >= 4 is 19.5 Å². The first-order valence-corrected chi connectivity index (χ1v) is 22.4. The normalized spacial score (nSPS) is 12.6. The summed E-state index contributed by atoms with van der Waals surface area (Å²) in [7, 11) is -4.19. The SMILES string of the molecule is CCCCCCCC/C=C\CCCCCCCC(=O)OC[C@H](COCCP(=O)(O)O)OC(=O)CCCCCCC/C=C\CCCCCCCC. The molecule has 0 aromatic heterocycles. The molecular formula is C41H77O8P. The van der Waals surface area contributed by atoms with E-state index in [2.05, 4.69) is 38.2 Å². The standard InChI is InChI=1S/C41H77O8P/c1-3-5-7-9-11-13-15-17-19-21-23-25-27-29-31-33-40(42)48-38-39(37-47-35-36-50(44,45)46)49-41(43)34-32-30-28-26-24-22-20-18-16-14-12-10-8-6-4-2/h17-20,39H,3-16,21-38H2,1-2H3,(H2,44,45,46)/b19-17-,20-18-/t39-/m0/s1. The van der Waals surface area contributed by atoms with Crippen LogP contribution in [0.2, 0.25) is 0 Å². The molecule has 0 aliphatic carbocycles. The van der Waals surface area contributed by atoms with Crippen molar-refractivity contribution in [3.8, 4) is 0 Å². The highest BCUT2D eigenvalue weighted by molar-refractivity contribution is 7.51. The van der Waals surface area contributed by atoms with Crippen LogP contribution in [-0.4, -0.2) is 53.8 Å². The quantitative estimate of drug-likeness (QED) is 0.0279. The first kappa shape index (κ1) is 48.5. The Balaban J connectivity index is 4.08. The summed E-state index contributed by atoms with van der Waals surface area (Å²) in [4.78, 5) is 43.0. The van der Waals surface area contributed by atoms with Gasteiger partial charge in [0.15, 0.2) is 6.10 Å². The molecule has 9 heteroatoms. The van der Waals surface area contributed by atoms with Gasteiger partial charge in [-0.2, -0.15) is 0 Å². The summed E-state index contributed by atoms with van der Waals surface area (Å²) in [6, 6.07) is 0. The van der Waals surface area contributed by atoms with Crippen molar-refractivity contribution < 1.29 is 38.2 Å². The van der Waals surface area contributed by atoms with Crippen molar-refractivity contribution in [3.05, 3.63) is 24.3 Å². The molecule has 8 nitrogen and oxygen atoms in total. The number of allylic oxidation sites excluding steroid dienone is 4. The second kappa shape index (κ2) is 37.3.